The third-order valence-corrected chi connectivity index (χ3v) is 1.15. The molecule has 1 aliphatic rings. The Morgan fingerprint density at radius 3 is 2.11 bits per heavy atom. The van der Waals surface area contributed by atoms with Crippen LogP contribution in [-0.4, -0.2) is 0 Å². The predicted molar refractivity (Wildman–Crippen MR) is 26.2 cm³/mol. The van der Waals surface area contributed by atoms with E-state index in [-0.39, 0.29) is 51.0 Å². The van der Waals surface area contributed by atoms with E-state index >= 15 is 0 Å². The van der Waals surface area contributed by atoms with Gasteiger partial charge in [-0.3, -0.25) is 6.08 Å². The van der Waals surface area contributed by atoms with Gasteiger partial charge in [-0.2, -0.15) is 6.42 Å². The van der Waals surface area contributed by atoms with Crippen LogP contribution >= 0.6 is 0 Å². The molecule has 1 radical (unpaired) electrons. The van der Waals surface area contributed by atoms with Gasteiger partial charge in [0.2, 0.25) is 0 Å². The molecule has 0 aliphatic heterocycles. The summed E-state index contributed by atoms with van der Waals surface area (Å²) in [6.07, 6.45) is 7.80. The molecule has 0 saturated carbocycles. The zero-order chi connectivity index (χ0) is 4.41. The smallest absolute Gasteiger partial charge is 1.00 e. The Morgan fingerprint density at radius 1 is 1.44 bits per heavy atom. The maximum absolute atomic E-state index is 3.15. The third kappa shape index (κ3) is 7.10. The summed E-state index contributed by atoms with van der Waals surface area (Å²) in [6.45, 7) is 2.22. The monoisotopic (exact) mass is 241 g/mol. The Labute approximate surface area is 88.4 Å². The number of hydrogen-bond donors (Lipinski definition) is 0. The average Bonchev–Trinajstić information content (AvgIpc) is 1.86. The Kier molecular flexibility index (Phi) is 17.0. The number of halogens is 2. The van der Waals surface area contributed by atoms with E-state index in [9.17, 15) is 0 Å². The van der Waals surface area contributed by atoms with Crippen molar-refractivity contribution in [3.05, 3.63) is 12.2 Å². The molecular weight excluding hydrogens is 234 g/mol. The van der Waals surface area contributed by atoms with Crippen molar-refractivity contribution < 1.29 is 51.0 Å². The van der Waals surface area contributed by atoms with Gasteiger partial charge in [-0.25, -0.2) is 0 Å². The first-order chi connectivity index (χ1) is 2.89. The van der Waals surface area contributed by atoms with Gasteiger partial charge in [0.05, 0.1) is 0 Å². The van der Waals surface area contributed by atoms with Crippen LogP contribution in [0.1, 0.15) is 19.8 Å². The first-order valence-electron chi connectivity index (χ1n) is 2.46. The molecule has 0 saturated heterocycles. The Balaban J connectivity index is -0.000000120. The van der Waals surface area contributed by atoms with Crippen molar-refractivity contribution in [3.63, 3.8) is 0 Å². The summed E-state index contributed by atoms with van der Waals surface area (Å²) in [7, 11) is 0. The van der Waals surface area contributed by atoms with Crippen molar-refractivity contribution in [2.75, 3.05) is 0 Å². The van der Waals surface area contributed by atoms with Gasteiger partial charge in [-0.05, 0) is 0 Å². The zero-order valence-corrected chi connectivity index (χ0v) is 9.29. The van der Waals surface area contributed by atoms with E-state index in [4.69, 9.17) is 0 Å². The summed E-state index contributed by atoms with van der Waals surface area (Å²) in [5.74, 6) is 0.810. The second-order valence-electron chi connectivity index (χ2n) is 1.89. The fourth-order valence-corrected chi connectivity index (χ4v) is 0.679. The summed E-state index contributed by atoms with van der Waals surface area (Å²) < 4.78 is 0. The molecule has 0 bridgehead atoms. The topological polar surface area (TPSA) is 0 Å². The van der Waals surface area contributed by atoms with E-state index in [0.717, 1.165) is 5.92 Å². The van der Waals surface area contributed by atoms with E-state index in [1.54, 1.807) is 0 Å². The maximum Gasteiger partial charge on any atom is 3.00 e. The predicted octanol–water partition coefficient (Wildman–Crippen LogP) is -4.22. The van der Waals surface area contributed by atoms with Gasteiger partial charge in [0.1, 0.15) is 0 Å². The van der Waals surface area contributed by atoms with Crippen molar-refractivity contribution in [1.82, 2.24) is 0 Å². The first kappa shape index (κ1) is 16.7. The van der Waals surface area contributed by atoms with Crippen LogP contribution in [0.3, 0.4) is 0 Å². The number of allylic oxidation sites excluding steroid dienone is 2. The van der Waals surface area contributed by atoms with E-state index in [1.165, 1.54) is 12.8 Å². The van der Waals surface area contributed by atoms with Crippen molar-refractivity contribution >= 4 is 0 Å². The maximum atomic E-state index is 3.15. The molecule has 9 heavy (non-hydrogen) atoms. The SMILES string of the molecule is CC1C=[C-]CC1.[Cl-].[Cl-].[Zr+3]. The summed E-state index contributed by atoms with van der Waals surface area (Å²) in [5.41, 5.74) is 0. The van der Waals surface area contributed by atoms with Crippen molar-refractivity contribution in [2.24, 2.45) is 5.92 Å². The number of rotatable bonds is 0. The fourth-order valence-electron chi connectivity index (χ4n) is 0.679. The third-order valence-electron chi connectivity index (χ3n) is 1.15. The molecule has 0 aromatic rings. The second-order valence-corrected chi connectivity index (χ2v) is 1.89. The fraction of sp³-hybridized carbons (Fsp3) is 0.667. The van der Waals surface area contributed by atoms with Crippen LogP contribution in [0.2, 0.25) is 0 Å². The van der Waals surface area contributed by atoms with Crippen LogP contribution < -0.4 is 24.8 Å². The second kappa shape index (κ2) is 9.20. The van der Waals surface area contributed by atoms with Crippen LogP contribution in [0.4, 0.5) is 0 Å². The van der Waals surface area contributed by atoms with Crippen LogP contribution in [0.25, 0.3) is 0 Å². The minimum atomic E-state index is 0. The molecule has 0 spiro atoms. The summed E-state index contributed by atoms with van der Waals surface area (Å²) in [6, 6.07) is 0. The van der Waals surface area contributed by atoms with Gasteiger partial charge in [0.25, 0.3) is 0 Å². The van der Waals surface area contributed by atoms with Crippen LogP contribution in [0.15, 0.2) is 6.08 Å². The van der Waals surface area contributed by atoms with Gasteiger partial charge < -0.3 is 30.9 Å². The molecule has 0 aromatic carbocycles. The van der Waals surface area contributed by atoms with Crippen LogP contribution in [0, 0.1) is 12.0 Å². The molecule has 0 aromatic heterocycles. The molecule has 51 valence electrons. The number of hydrogen-bond acceptors (Lipinski definition) is 0. The van der Waals surface area contributed by atoms with Crippen molar-refractivity contribution in [2.45, 2.75) is 19.8 Å². The standard InChI is InChI=1S/C6H9.2ClH.Zr/c1-6-4-2-3-5-6;;;/h5-6H,2,4H2,1H3;2*1H;/q-1;;;+3/p-2. The Hall–Kier alpha value is 1.20. The van der Waals surface area contributed by atoms with E-state index in [0.29, 0.717) is 0 Å². The van der Waals surface area contributed by atoms with Crippen molar-refractivity contribution in [3.8, 4) is 0 Å². The zero-order valence-electron chi connectivity index (χ0n) is 5.32. The largest absolute Gasteiger partial charge is 3.00 e. The normalized spacial score (nSPS) is 21.2. The summed E-state index contributed by atoms with van der Waals surface area (Å²) in [4.78, 5) is 0. The van der Waals surface area contributed by atoms with Crippen LogP contribution in [-0.2, 0) is 26.2 Å². The van der Waals surface area contributed by atoms with Gasteiger partial charge in [-0.15, -0.1) is 0 Å². The first-order valence-corrected chi connectivity index (χ1v) is 2.46. The van der Waals surface area contributed by atoms with Gasteiger partial charge in [-0.1, -0.05) is 19.3 Å². The molecule has 0 amide bonds. The molecule has 0 fully saturated rings. The van der Waals surface area contributed by atoms with E-state index in [2.05, 4.69) is 19.1 Å². The van der Waals surface area contributed by atoms with E-state index < -0.39 is 0 Å². The molecule has 0 nitrogen and oxygen atoms in total. The molecular formula is C6H9Cl2Zr. The van der Waals surface area contributed by atoms with Crippen LogP contribution in [0.5, 0.6) is 0 Å². The summed E-state index contributed by atoms with van der Waals surface area (Å²) >= 11 is 0. The molecule has 0 heterocycles. The molecule has 3 heteroatoms. The minimum absolute atomic E-state index is 0. The van der Waals surface area contributed by atoms with Crippen molar-refractivity contribution in [1.29, 1.82) is 0 Å². The molecule has 1 atom stereocenters. The quantitative estimate of drug-likeness (QED) is 0.378. The van der Waals surface area contributed by atoms with E-state index in [1.807, 2.05) is 0 Å². The Morgan fingerprint density at radius 2 is 2.00 bits per heavy atom. The molecule has 0 N–H and O–H groups in total. The molecule has 1 aliphatic carbocycles. The molecule has 1 rings (SSSR count). The molecule has 1 unspecified atom stereocenters. The van der Waals surface area contributed by atoms with Gasteiger partial charge >= 0.3 is 26.2 Å². The van der Waals surface area contributed by atoms with Gasteiger partial charge in [0.15, 0.2) is 0 Å². The Bertz CT molecular complexity index is 73.5. The summed E-state index contributed by atoms with van der Waals surface area (Å²) in [5, 5.41) is 0. The average molecular weight is 243 g/mol. The van der Waals surface area contributed by atoms with Gasteiger partial charge in [0, 0.05) is 0 Å². The minimum Gasteiger partial charge on any atom is -1.00 e.